The van der Waals surface area contributed by atoms with Gasteiger partial charge in [-0.2, -0.15) is 0 Å². The monoisotopic (exact) mass is 945 g/mol. The van der Waals surface area contributed by atoms with Crippen LogP contribution < -0.4 is 0 Å². The zero-order valence-corrected chi connectivity index (χ0v) is 44.3. The van der Waals surface area contributed by atoms with Crippen molar-refractivity contribution >= 4 is 17.9 Å². The molecule has 0 saturated carbocycles. The first-order valence-electron chi connectivity index (χ1n) is 28.2. The number of esters is 3. The lowest BCUT2D eigenvalue weighted by Gasteiger charge is -2.18. The Hall–Kier alpha value is -3.67. The van der Waals surface area contributed by atoms with E-state index in [0.717, 1.165) is 83.5 Å². The Kier molecular flexibility index (Phi) is 52.9. The Morgan fingerprint density at radius 2 is 0.618 bits per heavy atom. The summed E-state index contributed by atoms with van der Waals surface area (Å²) in [4.78, 5) is 37.9. The van der Waals surface area contributed by atoms with Crippen LogP contribution in [0.4, 0.5) is 0 Å². The van der Waals surface area contributed by atoms with Gasteiger partial charge in [0.15, 0.2) is 6.10 Å². The van der Waals surface area contributed by atoms with Crippen molar-refractivity contribution in [3.05, 3.63) is 97.2 Å². The molecule has 0 aliphatic carbocycles. The lowest BCUT2D eigenvalue weighted by Crippen LogP contribution is -2.30. The molecule has 0 aromatic carbocycles. The second-order valence-electron chi connectivity index (χ2n) is 18.5. The van der Waals surface area contributed by atoms with Gasteiger partial charge in [0.05, 0.1) is 6.42 Å². The van der Waals surface area contributed by atoms with Crippen molar-refractivity contribution in [1.82, 2.24) is 0 Å². The zero-order valence-electron chi connectivity index (χ0n) is 44.3. The fourth-order valence-corrected chi connectivity index (χ4v) is 7.64. The van der Waals surface area contributed by atoms with Crippen molar-refractivity contribution in [3.8, 4) is 0 Å². The lowest BCUT2D eigenvalue weighted by molar-refractivity contribution is -0.166. The molecule has 0 aromatic heterocycles. The first kappa shape index (κ1) is 64.3. The summed E-state index contributed by atoms with van der Waals surface area (Å²) in [5.41, 5.74) is 0. The van der Waals surface area contributed by atoms with Crippen LogP contribution in [0.1, 0.15) is 258 Å². The second kappa shape index (κ2) is 55.9. The quantitative estimate of drug-likeness (QED) is 0.0262. The summed E-state index contributed by atoms with van der Waals surface area (Å²) in [6.07, 6.45) is 74.5. The number of allylic oxidation sites excluding steroid dienone is 15. The average Bonchev–Trinajstić information content (AvgIpc) is 3.34. The van der Waals surface area contributed by atoms with Crippen LogP contribution in [0.15, 0.2) is 97.2 Å². The van der Waals surface area contributed by atoms with Crippen LogP contribution in [0.2, 0.25) is 0 Å². The van der Waals surface area contributed by atoms with E-state index in [0.29, 0.717) is 12.8 Å². The summed E-state index contributed by atoms with van der Waals surface area (Å²) < 4.78 is 16.7. The Morgan fingerprint density at radius 1 is 0.324 bits per heavy atom. The van der Waals surface area contributed by atoms with E-state index in [1.165, 1.54) is 135 Å². The number of unbranched alkanes of at least 4 members (excludes halogenated alkanes) is 24. The van der Waals surface area contributed by atoms with Crippen LogP contribution in [0, 0.1) is 0 Å². The minimum atomic E-state index is -0.830. The Morgan fingerprint density at radius 3 is 0.971 bits per heavy atom. The predicted octanol–water partition coefficient (Wildman–Crippen LogP) is 18.9. The van der Waals surface area contributed by atoms with Gasteiger partial charge >= 0.3 is 17.9 Å². The number of rotatable bonds is 50. The molecule has 0 rings (SSSR count). The van der Waals surface area contributed by atoms with Crippen molar-refractivity contribution < 1.29 is 28.6 Å². The molecule has 6 heteroatoms. The van der Waals surface area contributed by atoms with Crippen LogP contribution in [0.5, 0.6) is 0 Å². The lowest BCUT2D eigenvalue weighted by atomic mass is 10.0. The van der Waals surface area contributed by atoms with Crippen LogP contribution in [0.25, 0.3) is 0 Å². The highest BCUT2D eigenvalue weighted by Crippen LogP contribution is 2.15. The molecular weight excluding hydrogens is 841 g/mol. The topological polar surface area (TPSA) is 78.9 Å². The van der Waals surface area contributed by atoms with Crippen LogP contribution in [-0.2, 0) is 28.6 Å². The van der Waals surface area contributed by atoms with Gasteiger partial charge in [0.25, 0.3) is 0 Å². The summed E-state index contributed by atoms with van der Waals surface area (Å²) in [5, 5.41) is 0. The summed E-state index contributed by atoms with van der Waals surface area (Å²) in [5.74, 6) is -1.05. The van der Waals surface area contributed by atoms with Crippen molar-refractivity contribution in [1.29, 1.82) is 0 Å². The molecular formula is C62H104O6. The Bertz CT molecular complexity index is 1360. The van der Waals surface area contributed by atoms with Crippen LogP contribution in [0.3, 0.4) is 0 Å². The molecule has 0 aliphatic rings. The summed E-state index contributed by atoms with van der Waals surface area (Å²) in [7, 11) is 0. The molecule has 0 radical (unpaired) electrons. The minimum absolute atomic E-state index is 0.0962. The number of carbonyl (C=O) groups is 3. The van der Waals surface area contributed by atoms with Gasteiger partial charge in [-0.1, -0.05) is 253 Å². The molecule has 6 nitrogen and oxygen atoms in total. The van der Waals surface area contributed by atoms with Crippen molar-refractivity contribution in [2.75, 3.05) is 13.2 Å². The van der Waals surface area contributed by atoms with E-state index in [2.05, 4.69) is 106 Å². The first-order valence-corrected chi connectivity index (χ1v) is 28.2. The molecule has 0 bridgehead atoms. The molecule has 0 saturated heterocycles. The van der Waals surface area contributed by atoms with Crippen LogP contribution >= 0.6 is 0 Å². The minimum Gasteiger partial charge on any atom is -0.462 e. The van der Waals surface area contributed by atoms with Crippen LogP contribution in [-0.4, -0.2) is 37.2 Å². The summed E-state index contributed by atoms with van der Waals surface area (Å²) in [6.45, 7) is 6.40. The van der Waals surface area contributed by atoms with Gasteiger partial charge < -0.3 is 14.2 Å². The van der Waals surface area contributed by atoms with Gasteiger partial charge in [-0.3, -0.25) is 14.4 Å². The van der Waals surface area contributed by atoms with E-state index in [1.807, 2.05) is 6.08 Å². The molecule has 68 heavy (non-hydrogen) atoms. The van der Waals surface area contributed by atoms with Gasteiger partial charge in [0.1, 0.15) is 13.2 Å². The molecule has 388 valence electrons. The summed E-state index contributed by atoms with van der Waals surface area (Å²) >= 11 is 0. The molecule has 0 aromatic rings. The maximum Gasteiger partial charge on any atom is 0.310 e. The third kappa shape index (κ3) is 53.3. The maximum atomic E-state index is 12.7. The summed E-state index contributed by atoms with van der Waals surface area (Å²) in [6, 6.07) is 0. The molecule has 0 amide bonds. The number of hydrogen-bond acceptors (Lipinski definition) is 6. The van der Waals surface area contributed by atoms with Crippen molar-refractivity contribution in [2.24, 2.45) is 0 Å². The third-order valence-electron chi connectivity index (χ3n) is 11.9. The Labute approximate surface area is 419 Å². The van der Waals surface area contributed by atoms with E-state index >= 15 is 0 Å². The number of ether oxygens (including phenoxy) is 3. The third-order valence-corrected chi connectivity index (χ3v) is 11.9. The average molecular weight is 946 g/mol. The normalized spacial score (nSPS) is 12.8. The standard InChI is InChI=1S/C62H104O6/c1-4-7-10-13-16-19-21-23-25-26-27-28-29-30-31-32-33-34-35-36-38-39-41-43-46-49-52-55-61(64)67-58-59(57-66-60(63)54-51-48-45-18-15-12-9-6-3)68-62(65)56-53-50-47-44-42-40-37-24-22-20-17-14-11-8-5-2/h8,11,17,20-21,23-24,26-27,29-30,37,42,44,50,53,59H,4-7,9-10,12-16,18-19,22,25,28,31-36,38-41,43,45-49,51-52,54-58H2,1-3H3/b11-8-,20-17-,23-21-,27-26-,30-29-,37-24-,44-42-,53-50-. The van der Waals surface area contributed by atoms with E-state index in [4.69, 9.17) is 14.2 Å². The number of carbonyl (C=O) groups excluding carboxylic acids is 3. The van der Waals surface area contributed by atoms with Gasteiger partial charge in [0, 0.05) is 12.8 Å². The number of hydrogen-bond donors (Lipinski definition) is 0. The Balaban J connectivity index is 4.25. The second-order valence-corrected chi connectivity index (χ2v) is 18.5. The van der Waals surface area contributed by atoms with E-state index in [1.54, 1.807) is 6.08 Å². The van der Waals surface area contributed by atoms with Crippen molar-refractivity contribution in [2.45, 2.75) is 264 Å². The SMILES string of the molecule is CC/C=C\C/C=C\C/C=C\C/C=C\C/C=C\CC(=O)OC(COC(=O)CCCCCCCCCC)COC(=O)CCCCCCCCCCCCCC/C=C\C/C=C\C/C=C\CCCCCCC. The van der Waals surface area contributed by atoms with Crippen molar-refractivity contribution in [3.63, 3.8) is 0 Å². The highest BCUT2D eigenvalue weighted by molar-refractivity contribution is 5.72. The smallest absolute Gasteiger partial charge is 0.310 e. The maximum absolute atomic E-state index is 12.7. The largest absolute Gasteiger partial charge is 0.462 e. The van der Waals surface area contributed by atoms with E-state index in [9.17, 15) is 14.4 Å². The molecule has 1 unspecified atom stereocenters. The molecule has 0 aliphatic heterocycles. The molecule has 0 heterocycles. The zero-order chi connectivity index (χ0) is 49.3. The highest BCUT2D eigenvalue weighted by Gasteiger charge is 2.19. The molecule has 1 atom stereocenters. The van der Waals surface area contributed by atoms with Gasteiger partial charge in [-0.25, -0.2) is 0 Å². The fraction of sp³-hybridized carbons (Fsp3) is 0.694. The van der Waals surface area contributed by atoms with Gasteiger partial charge in [0.2, 0.25) is 0 Å². The highest BCUT2D eigenvalue weighted by atomic mass is 16.6. The predicted molar refractivity (Wildman–Crippen MR) is 293 cm³/mol. The van der Waals surface area contributed by atoms with Gasteiger partial charge in [-0.15, -0.1) is 0 Å². The molecule has 0 N–H and O–H groups in total. The molecule has 0 fully saturated rings. The van der Waals surface area contributed by atoms with Gasteiger partial charge in [-0.05, 0) is 83.5 Å². The first-order chi connectivity index (χ1) is 33.5. The van der Waals surface area contributed by atoms with E-state index < -0.39 is 12.1 Å². The molecule has 0 spiro atoms. The fourth-order valence-electron chi connectivity index (χ4n) is 7.64. The van der Waals surface area contributed by atoms with E-state index in [-0.39, 0.29) is 31.6 Å².